The van der Waals surface area contributed by atoms with Crippen molar-refractivity contribution in [2.24, 2.45) is 0 Å². The zero-order valence-electron chi connectivity index (χ0n) is 12.2. The summed E-state index contributed by atoms with van der Waals surface area (Å²) in [7, 11) is 0. The van der Waals surface area contributed by atoms with Crippen LogP contribution in [-0.2, 0) is 11.3 Å². The molecule has 0 aliphatic carbocycles. The molecule has 0 atom stereocenters. The Morgan fingerprint density at radius 2 is 1.78 bits per heavy atom. The summed E-state index contributed by atoms with van der Waals surface area (Å²) in [5.74, 6) is -0.406. The van der Waals surface area contributed by atoms with Crippen LogP contribution in [-0.4, -0.2) is 22.1 Å². The van der Waals surface area contributed by atoms with Crippen LogP contribution in [0.25, 0.3) is 10.9 Å². The minimum absolute atomic E-state index is 0.0509. The first-order chi connectivity index (χ1) is 11.2. The normalized spacial score (nSPS) is 10.6. The predicted octanol–water partition coefficient (Wildman–Crippen LogP) is 3.41. The lowest BCUT2D eigenvalue weighted by Gasteiger charge is -2.06. The highest BCUT2D eigenvalue weighted by atomic mass is 16.6. The van der Waals surface area contributed by atoms with E-state index in [0.29, 0.717) is 17.5 Å². The molecule has 0 unspecified atom stereocenters. The maximum absolute atomic E-state index is 11.9. The van der Waals surface area contributed by atoms with Crippen LogP contribution >= 0.6 is 0 Å². The summed E-state index contributed by atoms with van der Waals surface area (Å²) in [6, 6.07) is 15.8. The average Bonchev–Trinajstić information content (AvgIpc) is 2.95. The summed E-state index contributed by atoms with van der Waals surface area (Å²) in [6.45, 7) is 0.497. The summed E-state index contributed by atoms with van der Waals surface area (Å²) >= 11 is 0. The van der Waals surface area contributed by atoms with Gasteiger partial charge in [0.1, 0.15) is 6.61 Å². The molecule has 0 spiro atoms. The van der Waals surface area contributed by atoms with Gasteiger partial charge in [0.05, 0.1) is 34.1 Å². The van der Waals surface area contributed by atoms with E-state index >= 15 is 0 Å². The number of hydrogen-bond acceptors (Lipinski definition) is 4. The third-order valence-electron chi connectivity index (χ3n) is 3.54. The van der Waals surface area contributed by atoms with Crippen LogP contribution in [0.5, 0.6) is 0 Å². The fourth-order valence-electron chi connectivity index (χ4n) is 2.45. The molecule has 3 aromatic rings. The number of benzene rings is 2. The second-order valence-electron chi connectivity index (χ2n) is 4.98. The molecule has 2 aromatic carbocycles. The van der Waals surface area contributed by atoms with E-state index in [9.17, 15) is 14.9 Å². The molecule has 1 aromatic heterocycles. The topological polar surface area (TPSA) is 74.4 Å². The highest BCUT2D eigenvalue weighted by molar-refractivity contribution is 5.90. The first-order valence-electron chi connectivity index (χ1n) is 7.11. The highest BCUT2D eigenvalue weighted by Crippen LogP contribution is 2.27. The molecule has 0 N–H and O–H groups in total. The number of nitrogens with zero attached hydrogens (tertiary/aromatic N) is 2. The van der Waals surface area contributed by atoms with Crippen LogP contribution in [0.2, 0.25) is 0 Å². The Kier molecular flexibility index (Phi) is 4.05. The number of carbonyl (C=O) groups is 1. The maximum atomic E-state index is 11.9. The van der Waals surface area contributed by atoms with Crippen molar-refractivity contribution in [2.45, 2.75) is 6.54 Å². The van der Waals surface area contributed by atoms with Gasteiger partial charge >= 0.3 is 5.97 Å². The van der Waals surface area contributed by atoms with Crippen LogP contribution in [0, 0.1) is 10.1 Å². The average molecular weight is 310 g/mol. The quantitative estimate of drug-likeness (QED) is 0.411. The van der Waals surface area contributed by atoms with Gasteiger partial charge in [-0.05, 0) is 24.3 Å². The van der Waals surface area contributed by atoms with E-state index in [-0.39, 0.29) is 12.3 Å². The minimum Gasteiger partial charge on any atom is -0.460 e. The molecule has 0 amide bonds. The van der Waals surface area contributed by atoms with Gasteiger partial charge in [-0.1, -0.05) is 30.3 Å². The molecule has 0 aliphatic rings. The molecule has 1 heterocycles. The second-order valence-corrected chi connectivity index (χ2v) is 4.98. The first kappa shape index (κ1) is 14.8. The van der Waals surface area contributed by atoms with Crippen molar-refractivity contribution in [2.75, 3.05) is 6.61 Å². The molecule has 6 nitrogen and oxygen atoms in total. The number of fused-ring (bicyclic) bond motifs is 1. The number of ether oxygens (including phenoxy) is 1. The van der Waals surface area contributed by atoms with Gasteiger partial charge in [0, 0.05) is 0 Å². The van der Waals surface area contributed by atoms with Crippen LogP contribution in [0.15, 0.2) is 60.8 Å². The molecule has 116 valence electrons. The smallest absolute Gasteiger partial charge is 0.338 e. The molecular formula is C17H14N2O4. The Hall–Kier alpha value is -3.15. The van der Waals surface area contributed by atoms with Gasteiger partial charge < -0.3 is 9.30 Å². The lowest BCUT2D eigenvalue weighted by atomic mass is 10.2. The predicted molar refractivity (Wildman–Crippen MR) is 85.3 cm³/mol. The fraction of sp³-hybridized carbons (Fsp3) is 0.118. The monoisotopic (exact) mass is 310 g/mol. The molecular weight excluding hydrogens is 296 g/mol. The standard InChI is InChI=1S/C17H14N2O4/c20-17(13-6-2-1-3-7-13)23-11-10-18-12-16(19(21)22)14-8-4-5-9-15(14)18/h1-9,12H,10-11H2. The SMILES string of the molecule is O=C(OCCn1cc([N+](=O)[O-])c2ccccc21)c1ccccc1. The molecule has 0 bridgehead atoms. The molecule has 0 fully saturated rings. The van der Waals surface area contributed by atoms with Gasteiger partial charge in [-0.2, -0.15) is 0 Å². The summed E-state index contributed by atoms with van der Waals surface area (Å²) in [5, 5.41) is 11.7. The van der Waals surface area contributed by atoms with Crippen molar-refractivity contribution < 1.29 is 14.5 Å². The van der Waals surface area contributed by atoms with Crippen LogP contribution < -0.4 is 0 Å². The number of esters is 1. The largest absolute Gasteiger partial charge is 0.460 e. The molecule has 23 heavy (non-hydrogen) atoms. The van der Waals surface area contributed by atoms with E-state index in [1.807, 2.05) is 12.1 Å². The van der Waals surface area contributed by atoms with E-state index < -0.39 is 10.9 Å². The van der Waals surface area contributed by atoms with Crippen LogP contribution in [0.3, 0.4) is 0 Å². The number of carbonyl (C=O) groups excluding carboxylic acids is 1. The number of hydrogen-bond donors (Lipinski definition) is 0. The van der Waals surface area contributed by atoms with Crippen LogP contribution in [0.4, 0.5) is 5.69 Å². The second kappa shape index (κ2) is 6.31. The molecule has 6 heteroatoms. The summed E-state index contributed by atoms with van der Waals surface area (Å²) in [6.07, 6.45) is 1.47. The van der Waals surface area contributed by atoms with E-state index in [1.165, 1.54) is 6.20 Å². The van der Waals surface area contributed by atoms with Crippen molar-refractivity contribution >= 4 is 22.6 Å². The zero-order chi connectivity index (χ0) is 16.2. The Balaban J connectivity index is 1.73. The Morgan fingerprint density at radius 1 is 1.09 bits per heavy atom. The summed E-state index contributed by atoms with van der Waals surface area (Å²) in [5.41, 5.74) is 1.28. The van der Waals surface area contributed by atoms with Crippen molar-refractivity contribution in [1.29, 1.82) is 0 Å². The van der Waals surface area contributed by atoms with Gasteiger partial charge in [-0.25, -0.2) is 4.79 Å². The van der Waals surface area contributed by atoms with Gasteiger partial charge in [-0.15, -0.1) is 0 Å². The summed E-state index contributed by atoms with van der Waals surface area (Å²) in [4.78, 5) is 22.6. The Labute approximate surface area is 132 Å². The number of para-hydroxylation sites is 1. The number of aromatic nitrogens is 1. The summed E-state index contributed by atoms with van der Waals surface area (Å²) < 4.78 is 6.95. The Bertz CT molecular complexity index is 855. The lowest BCUT2D eigenvalue weighted by molar-refractivity contribution is -0.383. The van der Waals surface area contributed by atoms with Gasteiger partial charge in [-0.3, -0.25) is 10.1 Å². The molecule has 3 rings (SSSR count). The Morgan fingerprint density at radius 3 is 2.52 bits per heavy atom. The fourth-order valence-corrected chi connectivity index (χ4v) is 2.45. The van der Waals surface area contributed by atoms with E-state index in [1.54, 1.807) is 47.0 Å². The van der Waals surface area contributed by atoms with Gasteiger partial charge in [0.25, 0.3) is 5.69 Å². The lowest BCUT2D eigenvalue weighted by Crippen LogP contribution is -2.11. The first-order valence-corrected chi connectivity index (χ1v) is 7.11. The molecule has 0 saturated heterocycles. The van der Waals surface area contributed by atoms with E-state index in [2.05, 4.69) is 0 Å². The van der Waals surface area contributed by atoms with Crippen molar-refractivity contribution in [3.63, 3.8) is 0 Å². The van der Waals surface area contributed by atoms with E-state index in [0.717, 1.165) is 5.52 Å². The zero-order valence-corrected chi connectivity index (χ0v) is 12.2. The van der Waals surface area contributed by atoms with Crippen LogP contribution in [0.1, 0.15) is 10.4 Å². The van der Waals surface area contributed by atoms with Crippen molar-refractivity contribution in [1.82, 2.24) is 4.57 Å². The third kappa shape index (κ3) is 3.06. The highest BCUT2D eigenvalue weighted by Gasteiger charge is 2.17. The molecule has 0 saturated carbocycles. The maximum Gasteiger partial charge on any atom is 0.338 e. The minimum atomic E-state index is -0.408. The number of nitro groups is 1. The number of rotatable bonds is 5. The van der Waals surface area contributed by atoms with Gasteiger partial charge in [0.15, 0.2) is 0 Å². The van der Waals surface area contributed by atoms with Crippen molar-refractivity contribution in [3.05, 3.63) is 76.5 Å². The van der Waals surface area contributed by atoms with Crippen molar-refractivity contribution in [3.8, 4) is 0 Å². The third-order valence-corrected chi connectivity index (χ3v) is 3.54. The van der Waals surface area contributed by atoms with E-state index in [4.69, 9.17) is 4.74 Å². The van der Waals surface area contributed by atoms with Gasteiger partial charge in [0.2, 0.25) is 0 Å². The molecule has 0 radical (unpaired) electrons. The molecule has 0 aliphatic heterocycles.